The van der Waals surface area contributed by atoms with Gasteiger partial charge in [-0.15, -0.1) is 0 Å². The fourth-order valence-electron chi connectivity index (χ4n) is 1.83. The number of hydrogen-bond donors (Lipinski definition) is 2. The highest BCUT2D eigenvalue weighted by atomic mass is 16.7. The Kier molecular flexibility index (Phi) is 3.10. The van der Waals surface area contributed by atoms with Gasteiger partial charge >= 0.3 is 0 Å². The van der Waals surface area contributed by atoms with Gasteiger partial charge in [-0.05, 0) is 19.9 Å². The maximum absolute atomic E-state index is 8.02. The van der Waals surface area contributed by atoms with Crippen LogP contribution in [0, 0.1) is 10.8 Å². The molecule has 1 aliphatic rings. The summed E-state index contributed by atoms with van der Waals surface area (Å²) in [5.41, 5.74) is 1.31. The summed E-state index contributed by atoms with van der Waals surface area (Å²) in [6.45, 7) is 4.67. The van der Waals surface area contributed by atoms with E-state index in [4.69, 9.17) is 20.4 Å². The van der Waals surface area contributed by atoms with Gasteiger partial charge in [-0.25, -0.2) is 0 Å². The molecule has 5 heteroatoms. The summed E-state index contributed by atoms with van der Waals surface area (Å²) in [6.07, 6.45) is 0. The molecule has 0 amide bonds. The van der Waals surface area contributed by atoms with Crippen molar-refractivity contribution in [2.45, 2.75) is 13.8 Å². The molecule has 2 N–H and O–H groups in total. The molecule has 0 saturated carbocycles. The molecule has 1 aromatic carbocycles. The minimum Gasteiger partial charge on any atom is -0.493 e. The summed E-state index contributed by atoms with van der Waals surface area (Å²) >= 11 is 0. The van der Waals surface area contributed by atoms with E-state index in [2.05, 4.69) is 0 Å². The van der Waals surface area contributed by atoms with Crippen molar-refractivity contribution in [2.75, 3.05) is 13.2 Å². The molecule has 1 aliphatic heterocycles. The first kappa shape index (κ1) is 11.6. The molecule has 0 saturated heterocycles. The van der Waals surface area contributed by atoms with E-state index in [0.717, 1.165) is 0 Å². The number of nitrogens with one attached hydrogen (secondary N) is 2. The van der Waals surface area contributed by atoms with Gasteiger partial charge in [-0.3, -0.25) is 15.7 Å². The second kappa shape index (κ2) is 4.55. The Hall–Kier alpha value is -1.88. The number of nitrogens with zero attached hydrogens (tertiary/aromatic N) is 1. The molecule has 0 bridgehead atoms. The summed E-state index contributed by atoms with van der Waals surface area (Å²) in [6, 6.07) is 5.43. The standard InChI is InChI=1S/C12H15N3O2/c1-3-16-9-7-5-6-8-10(9)12(14)15(11(8)13)17-4-2/h5-7,13-14H,3-4H2,1-2H3. The van der Waals surface area contributed by atoms with Crippen LogP contribution in [-0.2, 0) is 4.84 Å². The molecule has 5 nitrogen and oxygen atoms in total. The minimum atomic E-state index is 0.163. The quantitative estimate of drug-likeness (QED) is 0.835. The first-order valence-corrected chi connectivity index (χ1v) is 5.57. The van der Waals surface area contributed by atoms with Crippen LogP contribution in [0.25, 0.3) is 0 Å². The highest BCUT2D eigenvalue weighted by Crippen LogP contribution is 2.30. The third-order valence-corrected chi connectivity index (χ3v) is 2.48. The van der Waals surface area contributed by atoms with E-state index >= 15 is 0 Å². The van der Waals surface area contributed by atoms with Crippen molar-refractivity contribution in [3.8, 4) is 5.75 Å². The van der Waals surface area contributed by atoms with Gasteiger partial charge in [0.05, 0.1) is 18.8 Å². The van der Waals surface area contributed by atoms with Crippen LogP contribution in [0.5, 0.6) is 5.75 Å². The molecule has 17 heavy (non-hydrogen) atoms. The van der Waals surface area contributed by atoms with E-state index in [-0.39, 0.29) is 11.7 Å². The molecular formula is C12H15N3O2. The second-order valence-corrected chi connectivity index (χ2v) is 3.52. The Morgan fingerprint density at radius 3 is 2.53 bits per heavy atom. The average Bonchev–Trinajstić information content (AvgIpc) is 2.56. The maximum Gasteiger partial charge on any atom is 0.164 e. The van der Waals surface area contributed by atoms with Crippen molar-refractivity contribution < 1.29 is 9.57 Å². The van der Waals surface area contributed by atoms with Crippen molar-refractivity contribution in [2.24, 2.45) is 0 Å². The molecule has 0 atom stereocenters. The normalized spacial score (nSPS) is 14.1. The van der Waals surface area contributed by atoms with E-state index < -0.39 is 0 Å². The van der Waals surface area contributed by atoms with E-state index in [0.29, 0.717) is 30.1 Å². The Bertz CT molecular complexity index is 471. The van der Waals surface area contributed by atoms with Crippen molar-refractivity contribution in [3.05, 3.63) is 29.3 Å². The fraction of sp³-hybridized carbons (Fsp3) is 0.333. The SMILES string of the molecule is CCOc1cccc2c1C(=N)N(OCC)C2=N. The van der Waals surface area contributed by atoms with Crippen molar-refractivity contribution >= 4 is 11.7 Å². The van der Waals surface area contributed by atoms with Crippen LogP contribution < -0.4 is 4.74 Å². The van der Waals surface area contributed by atoms with Gasteiger partial charge in [-0.2, -0.15) is 5.06 Å². The van der Waals surface area contributed by atoms with Crippen molar-refractivity contribution in [3.63, 3.8) is 0 Å². The van der Waals surface area contributed by atoms with Crippen LogP contribution in [0.15, 0.2) is 18.2 Å². The van der Waals surface area contributed by atoms with E-state index in [1.807, 2.05) is 19.9 Å². The third-order valence-electron chi connectivity index (χ3n) is 2.48. The number of amidine groups is 2. The lowest BCUT2D eigenvalue weighted by atomic mass is 10.1. The zero-order chi connectivity index (χ0) is 12.4. The number of benzene rings is 1. The van der Waals surface area contributed by atoms with Crippen LogP contribution in [-0.4, -0.2) is 29.9 Å². The van der Waals surface area contributed by atoms with Gasteiger partial charge in [-0.1, -0.05) is 12.1 Å². The summed E-state index contributed by atoms with van der Waals surface area (Å²) in [5.74, 6) is 0.978. The zero-order valence-corrected chi connectivity index (χ0v) is 9.91. The van der Waals surface area contributed by atoms with Crippen molar-refractivity contribution in [1.82, 2.24) is 5.06 Å². The van der Waals surface area contributed by atoms with Gasteiger partial charge < -0.3 is 4.74 Å². The second-order valence-electron chi connectivity index (χ2n) is 3.52. The molecule has 0 aliphatic carbocycles. The Morgan fingerprint density at radius 1 is 1.12 bits per heavy atom. The molecule has 0 spiro atoms. The predicted octanol–water partition coefficient (Wildman–Crippen LogP) is 2.00. The highest BCUT2D eigenvalue weighted by Gasteiger charge is 2.33. The van der Waals surface area contributed by atoms with Crippen LogP contribution >= 0.6 is 0 Å². The molecule has 90 valence electrons. The largest absolute Gasteiger partial charge is 0.493 e. The summed E-state index contributed by atoms with van der Waals surface area (Å²) < 4.78 is 5.47. The number of rotatable bonds is 4. The van der Waals surface area contributed by atoms with Crippen LogP contribution in [0.1, 0.15) is 25.0 Å². The topological polar surface area (TPSA) is 69.4 Å². The predicted molar refractivity (Wildman–Crippen MR) is 64.7 cm³/mol. The number of hydrogen-bond acceptors (Lipinski definition) is 4. The lowest BCUT2D eigenvalue weighted by Crippen LogP contribution is -2.29. The molecule has 0 aromatic heterocycles. The maximum atomic E-state index is 8.02. The lowest BCUT2D eigenvalue weighted by molar-refractivity contribution is -0.0322. The molecule has 0 fully saturated rings. The summed E-state index contributed by atoms with van der Waals surface area (Å²) in [4.78, 5) is 5.27. The van der Waals surface area contributed by atoms with Crippen molar-refractivity contribution in [1.29, 1.82) is 10.8 Å². The Balaban J connectivity index is 2.45. The molecule has 1 heterocycles. The average molecular weight is 233 g/mol. The monoisotopic (exact) mass is 233 g/mol. The van der Waals surface area contributed by atoms with Crippen LogP contribution in [0.4, 0.5) is 0 Å². The van der Waals surface area contributed by atoms with Gasteiger partial charge in [0.15, 0.2) is 11.7 Å². The number of hydroxylamine groups is 2. The first-order chi connectivity index (χ1) is 8.20. The van der Waals surface area contributed by atoms with Gasteiger partial charge in [0.2, 0.25) is 0 Å². The van der Waals surface area contributed by atoms with E-state index in [1.54, 1.807) is 12.1 Å². The molecule has 0 unspecified atom stereocenters. The fourth-order valence-corrected chi connectivity index (χ4v) is 1.83. The van der Waals surface area contributed by atoms with Gasteiger partial charge in [0, 0.05) is 5.56 Å². The van der Waals surface area contributed by atoms with E-state index in [9.17, 15) is 0 Å². The van der Waals surface area contributed by atoms with Crippen LogP contribution in [0.2, 0.25) is 0 Å². The molecule has 1 aromatic rings. The smallest absolute Gasteiger partial charge is 0.164 e. The van der Waals surface area contributed by atoms with Gasteiger partial charge in [0.25, 0.3) is 0 Å². The zero-order valence-electron chi connectivity index (χ0n) is 9.91. The highest BCUT2D eigenvalue weighted by molar-refractivity contribution is 6.23. The lowest BCUT2D eigenvalue weighted by Gasteiger charge is -2.15. The van der Waals surface area contributed by atoms with Gasteiger partial charge in [0.1, 0.15) is 5.75 Å². The summed E-state index contributed by atoms with van der Waals surface area (Å²) in [7, 11) is 0. The first-order valence-electron chi connectivity index (χ1n) is 5.57. The molecule has 0 radical (unpaired) electrons. The Morgan fingerprint density at radius 2 is 1.88 bits per heavy atom. The van der Waals surface area contributed by atoms with Crippen LogP contribution in [0.3, 0.4) is 0 Å². The third kappa shape index (κ3) is 1.78. The van der Waals surface area contributed by atoms with E-state index in [1.165, 1.54) is 5.06 Å². The number of ether oxygens (including phenoxy) is 1. The number of fused-ring (bicyclic) bond motifs is 1. The Labute approximate surface area is 99.9 Å². The minimum absolute atomic E-state index is 0.163. The summed E-state index contributed by atoms with van der Waals surface area (Å²) in [5, 5.41) is 17.2. The molecule has 2 rings (SSSR count). The molecular weight excluding hydrogens is 218 g/mol.